The third-order valence-electron chi connectivity index (χ3n) is 3.93. The van der Waals surface area contributed by atoms with Gasteiger partial charge in [-0.2, -0.15) is 0 Å². The van der Waals surface area contributed by atoms with Crippen molar-refractivity contribution >= 4 is 44.8 Å². The van der Waals surface area contributed by atoms with Crippen LogP contribution in [0.3, 0.4) is 0 Å². The molecule has 2 aromatic heterocycles. The van der Waals surface area contributed by atoms with Crippen LogP contribution in [-0.2, 0) is 4.74 Å². The van der Waals surface area contributed by atoms with E-state index in [1.807, 2.05) is 31.2 Å². The molecule has 0 radical (unpaired) electrons. The molecule has 0 bridgehead atoms. The number of aromatic nitrogens is 1. The standard InChI is InChI=1S/C19H19N3O3S/c1-4-25-19(24)16-15(20)14-9-13(11(3)21-18(14)26-16)17(23)22-12-7-5-10(2)6-8-12/h5-9H,4,20H2,1-3H3,(H,22,23). The molecule has 0 aliphatic heterocycles. The van der Waals surface area contributed by atoms with Crippen LogP contribution < -0.4 is 11.1 Å². The van der Waals surface area contributed by atoms with E-state index in [0.717, 1.165) is 5.56 Å². The fourth-order valence-electron chi connectivity index (χ4n) is 2.54. The van der Waals surface area contributed by atoms with Crippen molar-refractivity contribution in [1.29, 1.82) is 0 Å². The Labute approximate surface area is 155 Å². The molecule has 0 saturated carbocycles. The van der Waals surface area contributed by atoms with Crippen molar-refractivity contribution in [2.45, 2.75) is 20.8 Å². The average Bonchev–Trinajstić information content (AvgIpc) is 2.92. The number of nitrogens with two attached hydrogens (primary N) is 1. The number of nitrogens with zero attached hydrogens (tertiary/aromatic N) is 1. The Balaban J connectivity index is 1.97. The number of rotatable bonds is 4. The number of aryl methyl sites for hydroxylation is 2. The summed E-state index contributed by atoms with van der Waals surface area (Å²) < 4.78 is 5.02. The second-order valence-electron chi connectivity index (χ2n) is 5.86. The van der Waals surface area contributed by atoms with Crippen LogP contribution in [0.15, 0.2) is 30.3 Å². The first-order valence-electron chi connectivity index (χ1n) is 8.15. The van der Waals surface area contributed by atoms with Crippen molar-refractivity contribution < 1.29 is 14.3 Å². The number of benzene rings is 1. The van der Waals surface area contributed by atoms with E-state index in [4.69, 9.17) is 10.5 Å². The Morgan fingerprint density at radius 3 is 2.58 bits per heavy atom. The number of thiophene rings is 1. The zero-order valence-electron chi connectivity index (χ0n) is 14.8. The van der Waals surface area contributed by atoms with Gasteiger partial charge in [0.25, 0.3) is 5.91 Å². The van der Waals surface area contributed by atoms with Crippen LogP contribution in [0.1, 0.15) is 38.2 Å². The lowest BCUT2D eigenvalue weighted by atomic mass is 10.1. The summed E-state index contributed by atoms with van der Waals surface area (Å²) in [4.78, 5) is 30.0. The van der Waals surface area contributed by atoms with Crippen LogP contribution >= 0.6 is 11.3 Å². The van der Waals surface area contributed by atoms with Gasteiger partial charge >= 0.3 is 5.97 Å². The number of hydrogen-bond donors (Lipinski definition) is 2. The zero-order valence-corrected chi connectivity index (χ0v) is 15.6. The molecule has 0 unspecified atom stereocenters. The van der Waals surface area contributed by atoms with Gasteiger partial charge in [-0.25, -0.2) is 9.78 Å². The van der Waals surface area contributed by atoms with Gasteiger partial charge in [-0.1, -0.05) is 17.7 Å². The van der Waals surface area contributed by atoms with E-state index in [-0.39, 0.29) is 12.5 Å². The number of hydrogen-bond acceptors (Lipinski definition) is 6. The van der Waals surface area contributed by atoms with Crippen LogP contribution in [0.4, 0.5) is 11.4 Å². The molecular weight excluding hydrogens is 350 g/mol. The fraction of sp³-hybridized carbons (Fsp3) is 0.211. The van der Waals surface area contributed by atoms with Gasteiger partial charge < -0.3 is 15.8 Å². The summed E-state index contributed by atoms with van der Waals surface area (Å²) >= 11 is 1.17. The number of esters is 1. The number of carbonyl (C=O) groups is 2. The van der Waals surface area contributed by atoms with E-state index >= 15 is 0 Å². The van der Waals surface area contributed by atoms with E-state index in [0.29, 0.717) is 37.7 Å². The summed E-state index contributed by atoms with van der Waals surface area (Å²) in [7, 11) is 0. The van der Waals surface area contributed by atoms with E-state index in [1.54, 1.807) is 19.9 Å². The largest absolute Gasteiger partial charge is 0.462 e. The molecule has 134 valence electrons. The normalized spacial score (nSPS) is 10.7. The maximum atomic E-state index is 12.6. The van der Waals surface area contributed by atoms with Crippen molar-refractivity contribution in [3.63, 3.8) is 0 Å². The fourth-order valence-corrected chi connectivity index (χ4v) is 3.56. The molecule has 0 spiro atoms. The van der Waals surface area contributed by atoms with Crippen molar-refractivity contribution in [1.82, 2.24) is 4.98 Å². The lowest BCUT2D eigenvalue weighted by Gasteiger charge is -2.08. The van der Waals surface area contributed by atoms with Crippen LogP contribution in [0, 0.1) is 13.8 Å². The van der Waals surface area contributed by atoms with Crippen LogP contribution in [0.25, 0.3) is 10.2 Å². The van der Waals surface area contributed by atoms with E-state index < -0.39 is 5.97 Å². The average molecular weight is 369 g/mol. The summed E-state index contributed by atoms with van der Waals surface area (Å²) in [5.74, 6) is -0.750. The number of nitrogen functional groups attached to an aromatic ring is 1. The topological polar surface area (TPSA) is 94.3 Å². The van der Waals surface area contributed by atoms with Gasteiger partial charge in [-0.05, 0) is 39.0 Å². The Hall–Kier alpha value is -2.93. The Morgan fingerprint density at radius 2 is 1.92 bits per heavy atom. The molecule has 7 heteroatoms. The molecule has 0 aliphatic rings. The maximum Gasteiger partial charge on any atom is 0.350 e. The van der Waals surface area contributed by atoms with E-state index in [9.17, 15) is 9.59 Å². The quantitative estimate of drug-likeness (QED) is 0.680. The summed E-state index contributed by atoms with van der Waals surface area (Å²) in [5.41, 5.74) is 9.18. The summed E-state index contributed by atoms with van der Waals surface area (Å²) in [6, 6.07) is 9.20. The van der Waals surface area contributed by atoms with Crippen molar-refractivity contribution in [2.24, 2.45) is 0 Å². The van der Waals surface area contributed by atoms with E-state index in [2.05, 4.69) is 10.3 Å². The molecule has 3 aromatic rings. The minimum atomic E-state index is -0.476. The number of nitrogens with one attached hydrogen (secondary N) is 1. The Bertz CT molecular complexity index is 993. The predicted molar refractivity (Wildman–Crippen MR) is 104 cm³/mol. The number of carbonyl (C=O) groups excluding carboxylic acids is 2. The van der Waals surface area contributed by atoms with Gasteiger partial charge in [-0.15, -0.1) is 11.3 Å². The van der Waals surface area contributed by atoms with Crippen LogP contribution in [0.5, 0.6) is 0 Å². The second-order valence-corrected chi connectivity index (χ2v) is 6.86. The van der Waals surface area contributed by atoms with Gasteiger partial charge in [0.2, 0.25) is 0 Å². The molecule has 0 atom stereocenters. The molecule has 0 saturated heterocycles. The lowest BCUT2D eigenvalue weighted by molar-refractivity contribution is 0.0533. The van der Waals surface area contributed by atoms with Crippen molar-refractivity contribution in [3.05, 3.63) is 52.0 Å². The van der Waals surface area contributed by atoms with Gasteiger partial charge in [0, 0.05) is 11.1 Å². The van der Waals surface area contributed by atoms with Gasteiger partial charge in [0.05, 0.1) is 23.6 Å². The Morgan fingerprint density at radius 1 is 1.23 bits per heavy atom. The maximum absolute atomic E-state index is 12.6. The second kappa shape index (κ2) is 7.13. The molecule has 2 heterocycles. The smallest absolute Gasteiger partial charge is 0.350 e. The first-order chi connectivity index (χ1) is 12.4. The predicted octanol–water partition coefficient (Wildman–Crippen LogP) is 3.92. The highest BCUT2D eigenvalue weighted by molar-refractivity contribution is 7.21. The first-order valence-corrected chi connectivity index (χ1v) is 8.97. The molecule has 3 rings (SSSR count). The number of amides is 1. The Kier molecular flexibility index (Phi) is 4.90. The van der Waals surface area contributed by atoms with Crippen LogP contribution in [-0.4, -0.2) is 23.5 Å². The van der Waals surface area contributed by atoms with Gasteiger partial charge in [-0.3, -0.25) is 4.79 Å². The molecule has 3 N–H and O–H groups in total. The minimum absolute atomic E-state index is 0.267. The number of fused-ring (bicyclic) bond motifs is 1. The minimum Gasteiger partial charge on any atom is -0.462 e. The molecule has 0 fully saturated rings. The number of anilines is 2. The summed E-state index contributed by atoms with van der Waals surface area (Å²) in [6.45, 7) is 5.73. The lowest BCUT2D eigenvalue weighted by Crippen LogP contribution is -2.14. The summed E-state index contributed by atoms with van der Waals surface area (Å²) in [5, 5.41) is 3.43. The third-order valence-corrected chi connectivity index (χ3v) is 5.02. The zero-order chi connectivity index (χ0) is 18.8. The SMILES string of the molecule is CCOC(=O)c1sc2nc(C)c(C(=O)Nc3ccc(C)cc3)cc2c1N. The van der Waals surface area contributed by atoms with Gasteiger partial charge in [0.15, 0.2) is 0 Å². The summed E-state index contributed by atoms with van der Waals surface area (Å²) in [6.07, 6.45) is 0. The molecule has 6 nitrogen and oxygen atoms in total. The number of pyridine rings is 1. The highest BCUT2D eigenvalue weighted by Gasteiger charge is 2.21. The van der Waals surface area contributed by atoms with E-state index in [1.165, 1.54) is 11.3 Å². The highest BCUT2D eigenvalue weighted by Crippen LogP contribution is 2.34. The highest BCUT2D eigenvalue weighted by atomic mass is 32.1. The molecule has 0 aliphatic carbocycles. The molecule has 26 heavy (non-hydrogen) atoms. The van der Waals surface area contributed by atoms with Crippen molar-refractivity contribution in [3.8, 4) is 0 Å². The van der Waals surface area contributed by atoms with Crippen molar-refractivity contribution in [2.75, 3.05) is 17.7 Å². The monoisotopic (exact) mass is 369 g/mol. The first kappa shape index (κ1) is 17.9. The van der Waals surface area contributed by atoms with Crippen LogP contribution in [0.2, 0.25) is 0 Å². The molecular formula is C19H19N3O3S. The third kappa shape index (κ3) is 3.39. The van der Waals surface area contributed by atoms with Gasteiger partial charge in [0.1, 0.15) is 9.71 Å². The molecule has 1 aromatic carbocycles. The molecule has 1 amide bonds. The number of ether oxygens (including phenoxy) is 1.